The summed E-state index contributed by atoms with van der Waals surface area (Å²) in [4.78, 5) is 26.5. The smallest absolute Gasteiger partial charge is 0.344 e. The van der Waals surface area contributed by atoms with Gasteiger partial charge in [-0.15, -0.1) is 0 Å². The second-order valence-electron chi connectivity index (χ2n) is 22.9. The van der Waals surface area contributed by atoms with Crippen LogP contribution in [0.4, 0.5) is 0 Å². The van der Waals surface area contributed by atoms with E-state index in [1.54, 1.807) is 13.8 Å². The van der Waals surface area contributed by atoms with Gasteiger partial charge in [0.05, 0.1) is 52.9 Å². The number of carbonyl (C=O) groups excluding carboxylic acids is 2. The molecule has 4 aromatic carbocycles. The van der Waals surface area contributed by atoms with Crippen LogP contribution in [-0.4, -0.2) is 91.2 Å². The molecule has 0 amide bonds. The van der Waals surface area contributed by atoms with E-state index in [4.69, 9.17) is 42.6 Å². The Kier molecular flexibility index (Phi) is 18.4. The molecule has 0 spiro atoms. The van der Waals surface area contributed by atoms with Gasteiger partial charge in [0.25, 0.3) is 0 Å². The molecule has 10 bridgehead atoms. The number of hydrogen-bond acceptors (Lipinski definition) is 11. The van der Waals surface area contributed by atoms with Gasteiger partial charge in [-0.1, -0.05) is 132 Å². The lowest BCUT2D eigenvalue weighted by molar-refractivity contribution is -0.146. The van der Waals surface area contributed by atoms with E-state index in [9.17, 15) is 9.59 Å². The van der Waals surface area contributed by atoms with Crippen molar-refractivity contribution in [2.75, 3.05) is 79.3 Å². The first-order chi connectivity index (χ1) is 33.5. The van der Waals surface area contributed by atoms with E-state index < -0.39 is 11.9 Å². The normalized spacial score (nSPS) is 15.5. The molecule has 2 aliphatic rings. The lowest BCUT2D eigenvalue weighted by Crippen LogP contribution is -2.20. The van der Waals surface area contributed by atoms with E-state index in [-0.39, 0.29) is 48.1 Å². The molecule has 1 heterocycles. The van der Waals surface area contributed by atoms with Crippen LogP contribution in [0.2, 0.25) is 0 Å². The van der Waals surface area contributed by atoms with Crippen LogP contribution in [0.1, 0.15) is 164 Å². The van der Waals surface area contributed by atoms with Crippen LogP contribution in [0.15, 0.2) is 48.5 Å². The molecule has 0 saturated carbocycles. The highest BCUT2D eigenvalue weighted by Gasteiger charge is 2.30. The molecule has 6 rings (SSSR count). The van der Waals surface area contributed by atoms with E-state index in [1.165, 1.54) is 0 Å². The van der Waals surface area contributed by atoms with Crippen LogP contribution in [0.3, 0.4) is 0 Å². The average Bonchev–Trinajstić information content (AvgIpc) is 3.26. The molecule has 0 atom stereocenters. The Hall–Kier alpha value is -5.10. The van der Waals surface area contributed by atoms with Crippen molar-refractivity contribution in [3.8, 4) is 23.0 Å². The van der Waals surface area contributed by atoms with Crippen LogP contribution < -0.4 is 18.9 Å². The first-order valence-corrected chi connectivity index (χ1v) is 25.7. The van der Waals surface area contributed by atoms with Gasteiger partial charge in [-0.05, 0) is 102 Å². The molecule has 1 aliphatic heterocycles. The van der Waals surface area contributed by atoms with Crippen molar-refractivity contribution < 1.29 is 52.2 Å². The summed E-state index contributed by atoms with van der Waals surface area (Å²) >= 11 is 0. The SMILES string of the molecule is CCOC(=O)COc1c2cc(C(C)(C)C)cc1Cc1cc(C(C)(C)C)cc(c1OCC(=O)OCC)Cc1cc(C(C)(C)C)cc3c1OCCOCCOCCOCCOc1c(cc(C(C)(C)C)cc1C2)C3. The monoisotopic (exact) mass is 979 g/mol. The van der Waals surface area contributed by atoms with Gasteiger partial charge in [-0.2, -0.15) is 0 Å². The zero-order chi connectivity index (χ0) is 51.7. The van der Waals surface area contributed by atoms with E-state index in [2.05, 4.69) is 132 Å². The fraction of sp³-hybridized carbons (Fsp3) is 0.567. The molecule has 11 heteroatoms. The Morgan fingerprint density at radius 3 is 0.901 bits per heavy atom. The predicted octanol–water partition coefficient (Wildman–Crippen LogP) is 11.3. The van der Waals surface area contributed by atoms with E-state index in [0.29, 0.717) is 90.0 Å². The third kappa shape index (κ3) is 15.0. The number of hydrogen-bond donors (Lipinski definition) is 0. The number of carbonyl (C=O) groups is 2. The van der Waals surface area contributed by atoms with Gasteiger partial charge in [0.2, 0.25) is 0 Å². The highest BCUT2D eigenvalue weighted by atomic mass is 16.6. The summed E-state index contributed by atoms with van der Waals surface area (Å²) < 4.78 is 56.3. The summed E-state index contributed by atoms with van der Waals surface area (Å²) in [5, 5.41) is 0. The highest BCUT2D eigenvalue weighted by Crippen LogP contribution is 2.44. The first kappa shape index (κ1) is 55.2. The third-order valence-electron chi connectivity index (χ3n) is 12.9. The second-order valence-corrected chi connectivity index (χ2v) is 22.9. The standard InChI is InChI=1S/C60H82O11/c1-15-66-51(61)37-70-55-43-26-41-31-47(57(3,4)5)29-39-25-40-30-48(58(6,7)8)32-42(54(40)69-24-22-65-20-18-63-17-19-64-21-23-68-53(39)41)27-44-34-50(60(12,13)14)36-46(56(44)71-38-52(62)67-16-2)28-45(55)35-49(33-43)59(9,10)11/h29-36H,15-28,37-38H2,1-14H3. The number of fused-ring (bicyclic) bond motifs is 4. The first-order valence-electron chi connectivity index (χ1n) is 25.7. The summed E-state index contributed by atoms with van der Waals surface area (Å²) in [5.74, 6) is 1.81. The van der Waals surface area contributed by atoms with Gasteiger partial charge in [0.1, 0.15) is 36.2 Å². The van der Waals surface area contributed by atoms with Crippen LogP contribution >= 0.6 is 0 Å². The van der Waals surface area contributed by atoms with Crippen LogP contribution in [0.5, 0.6) is 23.0 Å². The molecule has 1 aliphatic carbocycles. The molecule has 0 unspecified atom stereocenters. The fourth-order valence-corrected chi connectivity index (χ4v) is 8.98. The molecule has 71 heavy (non-hydrogen) atoms. The molecule has 388 valence electrons. The van der Waals surface area contributed by atoms with Crippen molar-refractivity contribution in [1.82, 2.24) is 0 Å². The third-order valence-corrected chi connectivity index (χ3v) is 12.9. The largest absolute Gasteiger partial charge is 0.491 e. The van der Waals surface area contributed by atoms with Gasteiger partial charge in [-0.25, -0.2) is 9.59 Å². The van der Waals surface area contributed by atoms with Gasteiger partial charge < -0.3 is 42.6 Å². The topological polar surface area (TPSA) is 117 Å². The summed E-state index contributed by atoms with van der Waals surface area (Å²) in [6.07, 6.45) is 1.69. The summed E-state index contributed by atoms with van der Waals surface area (Å²) in [6, 6.07) is 18.0. The molecular formula is C60H82O11. The van der Waals surface area contributed by atoms with E-state index >= 15 is 0 Å². The van der Waals surface area contributed by atoms with Crippen molar-refractivity contribution in [1.29, 1.82) is 0 Å². The van der Waals surface area contributed by atoms with Crippen molar-refractivity contribution in [2.45, 2.75) is 144 Å². The van der Waals surface area contributed by atoms with Crippen LogP contribution in [0.25, 0.3) is 0 Å². The molecule has 11 nitrogen and oxygen atoms in total. The predicted molar refractivity (Wildman–Crippen MR) is 279 cm³/mol. The Balaban J connectivity index is 1.78. The minimum Gasteiger partial charge on any atom is -0.491 e. The minimum atomic E-state index is -0.459. The maximum Gasteiger partial charge on any atom is 0.344 e. The maximum atomic E-state index is 13.2. The molecule has 0 N–H and O–H groups in total. The maximum absolute atomic E-state index is 13.2. The Morgan fingerprint density at radius 2 is 0.634 bits per heavy atom. The summed E-state index contributed by atoms with van der Waals surface area (Å²) in [6.45, 7) is 33.3. The van der Waals surface area contributed by atoms with Gasteiger partial charge in [0, 0.05) is 25.7 Å². The summed E-state index contributed by atoms with van der Waals surface area (Å²) in [5.41, 5.74) is 11.0. The Labute approximate surface area is 424 Å². The van der Waals surface area contributed by atoms with Crippen molar-refractivity contribution in [3.05, 3.63) is 115 Å². The van der Waals surface area contributed by atoms with Crippen molar-refractivity contribution in [3.63, 3.8) is 0 Å². The van der Waals surface area contributed by atoms with Crippen LogP contribution in [-0.2, 0) is 80.6 Å². The zero-order valence-corrected chi connectivity index (χ0v) is 45.4. The number of esters is 2. The molecule has 0 fully saturated rings. The van der Waals surface area contributed by atoms with Gasteiger partial charge >= 0.3 is 11.9 Å². The molecule has 0 radical (unpaired) electrons. The fourth-order valence-electron chi connectivity index (χ4n) is 8.98. The quantitative estimate of drug-likeness (QED) is 0.138. The number of rotatable bonds is 8. The number of benzene rings is 4. The van der Waals surface area contributed by atoms with Crippen LogP contribution in [0, 0.1) is 0 Å². The Bertz CT molecular complexity index is 2310. The van der Waals surface area contributed by atoms with E-state index in [1.807, 2.05) is 0 Å². The second kappa shape index (κ2) is 23.6. The summed E-state index contributed by atoms with van der Waals surface area (Å²) in [7, 11) is 0. The molecule has 4 aromatic rings. The zero-order valence-electron chi connectivity index (χ0n) is 45.4. The van der Waals surface area contributed by atoms with Crippen molar-refractivity contribution >= 4 is 11.9 Å². The Morgan fingerprint density at radius 1 is 0.394 bits per heavy atom. The highest BCUT2D eigenvalue weighted by molar-refractivity contribution is 5.72. The number of ether oxygens (including phenoxy) is 9. The van der Waals surface area contributed by atoms with Gasteiger partial charge in [-0.3, -0.25) is 0 Å². The van der Waals surface area contributed by atoms with Crippen molar-refractivity contribution in [2.24, 2.45) is 0 Å². The average molecular weight is 979 g/mol. The van der Waals surface area contributed by atoms with Gasteiger partial charge in [0.15, 0.2) is 13.2 Å². The molecule has 0 aromatic heterocycles. The molecule has 0 saturated heterocycles. The lowest BCUT2D eigenvalue weighted by atomic mass is 9.79. The minimum absolute atomic E-state index is 0.230. The molecular weight excluding hydrogens is 897 g/mol. The van der Waals surface area contributed by atoms with E-state index in [0.717, 1.165) is 78.3 Å². The lowest BCUT2D eigenvalue weighted by Gasteiger charge is -2.29.